The van der Waals surface area contributed by atoms with Crippen molar-refractivity contribution in [2.45, 2.75) is 39.0 Å². The number of amides is 1. The molecule has 1 aromatic heterocycles. The number of likely N-dealkylation sites (tertiary alicyclic amines) is 1. The highest BCUT2D eigenvalue weighted by molar-refractivity contribution is 6.06. The molecular weight excluding hydrogens is 306 g/mol. The summed E-state index contributed by atoms with van der Waals surface area (Å²) in [6, 6.07) is 5.96. The average Bonchev–Trinajstić information content (AvgIpc) is 3.02. The Bertz CT molecular complexity index is 749. The van der Waals surface area contributed by atoms with Gasteiger partial charge in [-0.25, -0.2) is 0 Å². The summed E-state index contributed by atoms with van der Waals surface area (Å²) in [4.78, 5) is 25.5. The second-order valence-corrected chi connectivity index (χ2v) is 6.53. The van der Waals surface area contributed by atoms with Crippen molar-refractivity contribution in [1.82, 2.24) is 4.90 Å². The number of aryl methyl sites for hydroxylation is 1. The molecule has 1 aliphatic rings. The summed E-state index contributed by atoms with van der Waals surface area (Å²) in [7, 11) is 0. The highest BCUT2D eigenvalue weighted by Gasteiger charge is 2.26. The van der Waals surface area contributed by atoms with Gasteiger partial charge in [-0.3, -0.25) is 9.59 Å². The van der Waals surface area contributed by atoms with E-state index in [0.29, 0.717) is 18.5 Å². The topological polar surface area (TPSA) is 70.8 Å². The van der Waals surface area contributed by atoms with Gasteiger partial charge in [0.05, 0.1) is 5.56 Å². The molecule has 0 spiro atoms. The maximum atomic E-state index is 12.9. The molecule has 0 radical (unpaired) electrons. The number of carbonyl (C=O) groups is 2. The van der Waals surface area contributed by atoms with Gasteiger partial charge in [0.25, 0.3) is 5.91 Å². The Morgan fingerprint density at radius 2 is 2.21 bits per heavy atom. The van der Waals surface area contributed by atoms with Crippen molar-refractivity contribution in [3.8, 4) is 0 Å². The number of hydrogen-bond acceptors (Lipinski definition) is 3. The predicted molar refractivity (Wildman–Crippen MR) is 91.1 cm³/mol. The number of carbonyl (C=O) groups excluding carboxylic acids is 1. The number of aliphatic carboxylic acids is 1. The number of piperidine rings is 1. The lowest BCUT2D eigenvalue weighted by Crippen LogP contribution is -2.40. The minimum Gasteiger partial charge on any atom is -0.481 e. The highest BCUT2D eigenvalue weighted by atomic mass is 16.4. The van der Waals surface area contributed by atoms with Gasteiger partial charge in [-0.1, -0.05) is 13.0 Å². The van der Waals surface area contributed by atoms with E-state index in [-0.39, 0.29) is 18.2 Å². The van der Waals surface area contributed by atoms with Gasteiger partial charge in [-0.15, -0.1) is 0 Å². The third-order valence-corrected chi connectivity index (χ3v) is 4.85. The van der Waals surface area contributed by atoms with E-state index < -0.39 is 5.97 Å². The van der Waals surface area contributed by atoms with E-state index in [9.17, 15) is 9.59 Å². The standard InChI is InChI=1S/C19H23NO4/c1-2-13-5-7-17-15(10-13)16(12-24-17)19(23)20-9-3-4-14(11-20)6-8-18(21)22/h5,7,10,12,14H,2-4,6,8-9,11H2,1H3,(H,21,22). The van der Waals surface area contributed by atoms with E-state index in [4.69, 9.17) is 9.52 Å². The number of fused-ring (bicyclic) bond motifs is 1. The quantitative estimate of drug-likeness (QED) is 0.907. The normalized spacial score (nSPS) is 18.0. The van der Waals surface area contributed by atoms with Crippen LogP contribution in [0.15, 0.2) is 28.9 Å². The van der Waals surface area contributed by atoms with Crippen molar-refractivity contribution in [2.24, 2.45) is 5.92 Å². The van der Waals surface area contributed by atoms with E-state index in [0.717, 1.165) is 36.8 Å². The lowest BCUT2D eigenvalue weighted by molar-refractivity contribution is -0.137. The Morgan fingerprint density at radius 1 is 1.38 bits per heavy atom. The van der Waals surface area contributed by atoms with Gasteiger partial charge in [-0.2, -0.15) is 0 Å². The monoisotopic (exact) mass is 329 g/mol. The van der Waals surface area contributed by atoms with Crippen LogP contribution in [0.1, 0.15) is 48.5 Å². The zero-order valence-corrected chi connectivity index (χ0v) is 14.0. The van der Waals surface area contributed by atoms with Gasteiger partial charge in [0.15, 0.2) is 0 Å². The Labute approximate surface area is 141 Å². The molecule has 2 heterocycles. The van der Waals surface area contributed by atoms with Crippen molar-refractivity contribution in [3.63, 3.8) is 0 Å². The average molecular weight is 329 g/mol. The molecule has 0 bridgehead atoms. The van der Waals surface area contributed by atoms with E-state index in [2.05, 4.69) is 6.92 Å². The van der Waals surface area contributed by atoms with Crippen LogP contribution in [0.25, 0.3) is 11.0 Å². The largest absolute Gasteiger partial charge is 0.481 e. The number of furan rings is 1. The molecule has 1 unspecified atom stereocenters. The smallest absolute Gasteiger partial charge is 0.303 e. The lowest BCUT2D eigenvalue weighted by atomic mass is 9.93. The molecule has 5 nitrogen and oxygen atoms in total. The fraction of sp³-hybridized carbons (Fsp3) is 0.474. The first kappa shape index (κ1) is 16.6. The molecule has 5 heteroatoms. The number of nitrogens with zero attached hydrogens (tertiary/aromatic N) is 1. The zero-order chi connectivity index (χ0) is 17.1. The molecule has 1 fully saturated rings. The second kappa shape index (κ2) is 7.07. The van der Waals surface area contributed by atoms with E-state index in [1.807, 2.05) is 23.1 Å². The fourth-order valence-corrected chi connectivity index (χ4v) is 3.44. The van der Waals surface area contributed by atoms with Gasteiger partial charge in [0, 0.05) is 24.9 Å². The van der Waals surface area contributed by atoms with Gasteiger partial charge in [-0.05, 0) is 49.3 Å². The minimum atomic E-state index is -0.772. The van der Waals surface area contributed by atoms with E-state index in [1.54, 1.807) is 6.26 Å². The van der Waals surface area contributed by atoms with Crippen LogP contribution in [-0.4, -0.2) is 35.0 Å². The third kappa shape index (κ3) is 3.45. The van der Waals surface area contributed by atoms with Crippen molar-refractivity contribution >= 4 is 22.8 Å². The second-order valence-electron chi connectivity index (χ2n) is 6.53. The Morgan fingerprint density at radius 3 is 2.96 bits per heavy atom. The molecule has 2 aromatic rings. The molecule has 1 saturated heterocycles. The molecule has 24 heavy (non-hydrogen) atoms. The molecule has 1 atom stereocenters. The number of hydrogen-bond donors (Lipinski definition) is 1. The van der Waals surface area contributed by atoms with Gasteiger partial charge >= 0.3 is 5.97 Å². The lowest BCUT2D eigenvalue weighted by Gasteiger charge is -2.32. The summed E-state index contributed by atoms with van der Waals surface area (Å²) in [5, 5.41) is 9.71. The molecule has 1 N–H and O–H groups in total. The first-order chi connectivity index (χ1) is 11.6. The minimum absolute atomic E-state index is 0.0120. The molecule has 0 saturated carbocycles. The van der Waals surface area contributed by atoms with Crippen LogP contribution in [0.2, 0.25) is 0 Å². The summed E-state index contributed by atoms with van der Waals surface area (Å²) in [6.45, 7) is 3.44. The highest BCUT2D eigenvalue weighted by Crippen LogP contribution is 2.27. The molecule has 0 aliphatic carbocycles. The SMILES string of the molecule is CCc1ccc2occ(C(=O)N3CCCC(CCC(=O)O)C3)c2c1. The first-order valence-electron chi connectivity index (χ1n) is 8.59. The van der Waals surface area contributed by atoms with Crippen LogP contribution in [-0.2, 0) is 11.2 Å². The van der Waals surface area contributed by atoms with Gasteiger partial charge in [0.1, 0.15) is 11.8 Å². The molecule has 1 amide bonds. The van der Waals surface area contributed by atoms with Crippen LogP contribution < -0.4 is 0 Å². The summed E-state index contributed by atoms with van der Waals surface area (Å²) in [6.07, 6.45) is 5.17. The van der Waals surface area contributed by atoms with Gasteiger partial charge < -0.3 is 14.4 Å². The number of carboxylic acids is 1. The first-order valence-corrected chi connectivity index (χ1v) is 8.59. The van der Waals surface area contributed by atoms with Gasteiger partial charge in [0.2, 0.25) is 0 Å². The molecule has 1 aromatic carbocycles. The number of carboxylic acid groups (broad SMARTS) is 1. The molecule has 3 rings (SSSR count). The number of rotatable bonds is 5. The van der Waals surface area contributed by atoms with E-state index in [1.165, 1.54) is 5.56 Å². The third-order valence-electron chi connectivity index (χ3n) is 4.85. The maximum absolute atomic E-state index is 12.9. The Hall–Kier alpha value is -2.30. The summed E-state index contributed by atoms with van der Waals surface area (Å²) in [5.41, 5.74) is 2.52. The van der Waals surface area contributed by atoms with Crippen LogP contribution in [0.4, 0.5) is 0 Å². The van der Waals surface area contributed by atoms with Crippen LogP contribution in [0, 0.1) is 5.92 Å². The van der Waals surface area contributed by atoms with Crippen molar-refractivity contribution < 1.29 is 19.1 Å². The fourth-order valence-electron chi connectivity index (χ4n) is 3.44. The van der Waals surface area contributed by atoms with Crippen molar-refractivity contribution in [2.75, 3.05) is 13.1 Å². The molecular formula is C19H23NO4. The van der Waals surface area contributed by atoms with Crippen LogP contribution >= 0.6 is 0 Å². The van der Waals surface area contributed by atoms with E-state index >= 15 is 0 Å². The van der Waals surface area contributed by atoms with Crippen molar-refractivity contribution in [1.29, 1.82) is 0 Å². The Balaban J connectivity index is 1.77. The maximum Gasteiger partial charge on any atom is 0.303 e. The number of benzene rings is 1. The summed E-state index contributed by atoms with van der Waals surface area (Å²) < 4.78 is 5.54. The molecule has 128 valence electrons. The van der Waals surface area contributed by atoms with Crippen LogP contribution in [0.5, 0.6) is 0 Å². The predicted octanol–water partition coefficient (Wildman–Crippen LogP) is 3.71. The Kier molecular flexibility index (Phi) is 4.88. The van der Waals surface area contributed by atoms with Crippen molar-refractivity contribution in [3.05, 3.63) is 35.6 Å². The zero-order valence-electron chi connectivity index (χ0n) is 14.0. The summed E-state index contributed by atoms with van der Waals surface area (Å²) >= 11 is 0. The molecule has 1 aliphatic heterocycles. The summed E-state index contributed by atoms with van der Waals surface area (Å²) in [5.74, 6) is -0.517. The van der Waals surface area contributed by atoms with Crippen LogP contribution in [0.3, 0.4) is 0 Å².